The molecule has 2 nitrogen and oxygen atoms in total. The summed E-state index contributed by atoms with van der Waals surface area (Å²) in [4.78, 5) is 2.35. The van der Waals surface area contributed by atoms with Crippen molar-refractivity contribution in [1.82, 2.24) is 10.2 Å². The van der Waals surface area contributed by atoms with E-state index in [1.807, 2.05) is 45.9 Å². The second kappa shape index (κ2) is 15.0. The fraction of sp³-hybridized carbons (Fsp3) is 0.600. The van der Waals surface area contributed by atoms with Gasteiger partial charge in [-0.05, 0) is 26.8 Å². The number of hydrogen-bond donors (Lipinski definition) is 1. The Morgan fingerprint density at radius 2 is 1.53 bits per heavy atom. The quantitative estimate of drug-likeness (QED) is 0.584. The summed E-state index contributed by atoms with van der Waals surface area (Å²) >= 11 is 0. The minimum atomic E-state index is 1.09. The Balaban J connectivity index is 0. The van der Waals surface area contributed by atoms with Crippen LogP contribution in [-0.2, 0) is 0 Å². The molecule has 0 aliphatic carbocycles. The van der Waals surface area contributed by atoms with Gasteiger partial charge in [-0.15, -0.1) is 0 Å². The molecule has 1 saturated heterocycles. The zero-order valence-corrected chi connectivity index (χ0v) is 12.3. The maximum atomic E-state index is 3.78. The van der Waals surface area contributed by atoms with E-state index in [0.29, 0.717) is 0 Å². The third-order valence-corrected chi connectivity index (χ3v) is 2.32. The first kappa shape index (κ1) is 18.3. The molecule has 1 rings (SSSR count). The highest BCUT2D eigenvalue weighted by Gasteiger charge is 2.08. The monoisotopic (exact) mass is 238 g/mol. The summed E-state index contributed by atoms with van der Waals surface area (Å²) in [5.74, 6) is 0. The van der Waals surface area contributed by atoms with Crippen molar-refractivity contribution in [3.63, 3.8) is 0 Å². The van der Waals surface area contributed by atoms with Crippen molar-refractivity contribution in [2.75, 3.05) is 26.2 Å². The van der Waals surface area contributed by atoms with E-state index in [1.54, 1.807) is 0 Å². The summed E-state index contributed by atoms with van der Waals surface area (Å²) in [5.41, 5.74) is 1.26. The third kappa shape index (κ3) is 9.88. The van der Waals surface area contributed by atoms with Gasteiger partial charge in [0, 0.05) is 31.9 Å². The number of hydrogen-bond acceptors (Lipinski definition) is 2. The number of nitrogens with one attached hydrogen (secondary N) is 1. The highest BCUT2D eigenvalue weighted by Crippen LogP contribution is 2.05. The number of rotatable bonds is 2. The molecular weight excluding hydrogens is 208 g/mol. The molecule has 0 bridgehead atoms. The van der Waals surface area contributed by atoms with Crippen LogP contribution in [0.4, 0.5) is 0 Å². The highest BCUT2D eigenvalue weighted by atomic mass is 15.2. The second-order valence-electron chi connectivity index (χ2n) is 3.32. The summed E-state index contributed by atoms with van der Waals surface area (Å²) in [6, 6.07) is 0. The lowest BCUT2D eigenvalue weighted by Gasteiger charge is -2.30. The Labute approximate surface area is 108 Å². The van der Waals surface area contributed by atoms with Gasteiger partial charge in [0.2, 0.25) is 0 Å². The normalized spacial score (nSPS) is 15.6. The van der Waals surface area contributed by atoms with Crippen molar-refractivity contribution in [1.29, 1.82) is 0 Å². The summed E-state index contributed by atoms with van der Waals surface area (Å²) < 4.78 is 0. The molecule has 0 aromatic heterocycles. The molecule has 1 N–H and O–H groups in total. The Kier molecular flexibility index (Phi) is 16.2. The number of allylic oxidation sites excluding steroid dienone is 4. The molecule has 1 fully saturated rings. The van der Waals surface area contributed by atoms with Gasteiger partial charge in [0.05, 0.1) is 0 Å². The lowest BCUT2D eigenvalue weighted by atomic mass is 10.3. The minimum absolute atomic E-state index is 1.09. The molecule has 2 heteroatoms. The van der Waals surface area contributed by atoms with Gasteiger partial charge in [0.25, 0.3) is 0 Å². The molecular formula is C15H30N2. The van der Waals surface area contributed by atoms with E-state index in [4.69, 9.17) is 0 Å². The zero-order chi connectivity index (χ0) is 13.5. The summed E-state index contributed by atoms with van der Waals surface area (Å²) in [6.07, 6.45) is 8.03. The van der Waals surface area contributed by atoms with E-state index in [9.17, 15) is 0 Å². The van der Waals surface area contributed by atoms with Crippen LogP contribution in [0.1, 0.15) is 34.6 Å². The smallest absolute Gasteiger partial charge is 0.0317 e. The second-order valence-corrected chi connectivity index (χ2v) is 3.32. The molecule has 0 aromatic rings. The zero-order valence-electron chi connectivity index (χ0n) is 12.3. The topological polar surface area (TPSA) is 15.3 Å². The van der Waals surface area contributed by atoms with Gasteiger partial charge in [-0.2, -0.15) is 0 Å². The van der Waals surface area contributed by atoms with Crippen LogP contribution in [-0.4, -0.2) is 31.1 Å². The van der Waals surface area contributed by atoms with Crippen LogP contribution in [0.15, 0.2) is 36.6 Å². The molecule has 17 heavy (non-hydrogen) atoms. The van der Waals surface area contributed by atoms with Crippen LogP contribution in [0.2, 0.25) is 0 Å². The average molecular weight is 238 g/mol. The van der Waals surface area contributed by atoms with Gasteiger partial charge < -0.3 is 10.2 Å². The third-order valence-electron chi connectivity index (χ3n) is 2.32. The van der Waals surface area contributed by atoms with E-state index >= 15 is 0 Å². The standard InChI is InChI=1S/C9H16N2.C4H8.C2H6/c1-3-9(4-2)11-7-5-10-6-8-11;1-3-4-2;1-2/h3-4,10H,1,5-8H2,2H3;3-4H,1-2H3;1-2H3/b9-4+;4-3-;. The lowest BCUT2D eigenvalue weighted by Crippen LogP contribution is -2.42. The van der Waals surface area contributed by atoms with Crippen LogP contribution in [0.5, 0.6) is 0 Å². The maximum Gasteiger partial charge on any atom is 0.0317 e. The van der Waals surface area contributed by atoms with Crippen LogP contribution >= 0.6 is 0 Å². The van der Waals surface area contributed by atoms with Gasteiger partial charge in [-0.25, -0.2) is 0 Å². The molecule has 0 unspecified atom stereocenters. The van der Waals surface area contributed by atoms with Crippen molar-refractivity contribution in [3.05, 3.63) is 36.6 Å². The SMILES string of the molecule is C/C=C\C.C=C/C(=C\C)N1CCNCC1.CC. The predicted molar refractivity (Wildman–Crippen MR) is 80.2 cm³/mol. The van der Waals surface area contributed by atoms with Crippen LogP contribution < -0.4 is 5.32 Å². The molecule has 0 atom stereocenters. The predicted octanol–water partition coefficient (Wildman–Crippen LogP) is 3.59. The van der Waals surface area contributed by atoms with E-state index < -0.39 is 0 Å². The molecule has 0 radical (unpaired) electrons. The summed E-state index contributed by atoms with van der Waals surface area (Å²) in [6.45, 7) is 18.2. The van der Waals surface area contributed by atoms with Crippen LogP contribution in [0.25, 0.3) is 0 Å². The number of piperazine rings is 1. The van der Waals surface area contributed by atoms with Crippen molar-refractivity contribution in [2.45, 2.75) is 34.6 Å². The summed E-state index contributed by atoms with van der Waals surface area (Å²) in [5, 5.41) is 3.31. The van der Waals surface area contributed by atoms with Gasteiger partial charge >= 0.3 is 0 Å². The van der Waals surface area contributed by atoms with Crippen molar-refractivity contribution >= 4 is 0 Å². The molecule has 100 valence electrons. The molecule has 1 heterocycles. The average Bonchev–Trinajstić information content (AvgIpc) is 2.44. The Morgan fingerprint density at radius 1 is 1.06 bits per heavy atom. The van der Waals surface area contributed by atoms with E-state index in [2.05, 4.69) is 29.8 Å². The van der Waals surface area contributed by atoms with E-state index in [1.165, 1.54) is 5.70 Å². The van der Waals surface area contributed by atoms with Gasteiger partial charge in [-0.1, -0.05) is 38.7 Å². The van der Waals surface area contributed by atoms with Gasteiger partial charge in [-0.3, -0.25) is 0 Å². The molecule has 0 saturated carbocycles. The highest BCUT2D eigenvalue weighted by molar-refractivity contribution is 5.14. The molecule has 1 aliphatic heterocycles. The molecule has 0 amide bonds. The van der Waals surface area contributed by atoms with E-state index in [-0.39, 0.29) is 0 Å². The van der Waals surface area contributed by atoms with Gasteiger partial charge in [0.1, 0.15) is 0 Å². The van der Waals surface area contributed by atoms with Crippen molar-refractivity contribution < 1.29 is 0 Å². The number of nitrogens with zero attached hydrogens (tertiary/aromatic N) is 1. The fourth-order valence-corrected chi connectivity index (χ4v) is 1.35. The first-order valence-electron chi connectivity index (χ1n) is 6.61. The van der Waals surface area contributed by atoms with E-state index in [0.717, 1.165) is 26.2 Å². The lowest BCUT2D eigenvalue weighted by molar-refractivity contribution is 0.307. The van der Waals surface area contributed by atoms with Crippen molar-refractivity contribution in [2.24, 2.45) is 0 Å². The summed E-state index contributed by atoms with van der Waals surface area (Å²) in [7, 11) is 0. The minimum Gasteiger partial charge on any atom is -0.369 e. The maximum absolute atomic E-state index is 3.78. The van der Waals surface area contributed by atoms with Crippen molar-refractivity contribution in [3.8, 4) is 0 Å². The molecule has 0 spiro atoms. The Morgan fingerprint density at radius 3 is 1.82 bits per heavy atom. The first-order chi connectivity index (χ1) is 8.29. The van der Waals surface area contributed by atoms with Crippen LogP contribution in [0, 0.1) is 0 Å². The fourth-order valence-electron chi connectivity index (χ4n) is 1.35. The Hall–Kier alpha value is -1.02. The molecule has 0 aromatic carbocycles. The van der Waals surface area contributed by atoms with Gasteiger partial charge in [0.15, 0.2) is 0 Å². The Bertz CT molecular complexity index is 207. The van der Waals surface area contributed by atoms with Crippen LogP contribution in [0.3, 0.4) is 0 Å². The first-order valence-corrected chi connectivity index (χ1v) is 6.61. The largest absolute Gasteiger partial charge is 0.369 e. The molecule has 1 aliphatic rings.